The second kappa shape index (κ2) is 3.49. The molecular weight excluding hydrogens is 256 g/mol. The maximum Gasteiger partial charge on any atom is 0.153 e. The van der Waals surface area contributed by atoms with Gasteiger partial charge < -0.3 is 9.52 Å². The third-order valence-electron chi connectivity index (χ3n) is 2.97. The van der Waals surface area contributed by atoms with Gasteiger partial charge in [-0.1, -0.05) is 19.9 Å². The van der Waals surface area contributed by atoms with Crippen molar-refractivity contribution >= 4 is 15.9 Å². The van der Waals surface area contributed by atoms with Crippen LogP contribution >= 0.6 is 15.9 Å². The summed E-state index contributed by atoms with van der Waals surface area (Å²) in [6.45, 7) is 4.33. The number of hydrogen-bond donors (Lipinski definition) is 1. The van der Waals surface area contributed by atoms with Crippen LogP contribution in [0.1, 0.15) is 32.4 Å². The van der Waals surface area contributed by atoms with Crippen molar-refractivity contribution in [1.82, 2.24) is 0 Å². The van der Waals surface area contributed by atoms with Gasteiger partial charge in [0.15, 0.2) is 5.76 Å². The molecule has 1 N–H and O–H groups in total. The average molecular weight is 271 g/mol. The molecule has 3 heteroatoms. The summed E-state index contributed by atoms with van der Waals surface area (Å²) in [4.78, 5) is 0. The molecule has 0 spiro atoms. The molecule has 2 rings (SSSR count). The first-order valence-corrected chi connectivity index (χ1v) is 5.89. The highest BCUT2D eigenvalue weighted by atomic mass is 79.9. The number of aliphatic hydroxyl groups is 1. The molecule has 2 nitrogen and oxygen atoms in total. The minimum absolute atomic E-state index is 0.172. The zero-order chi connectivity index (χ0) is 11.1. The normalized spacial score (nSPS) is 29.3. The monoisotopic (exact) mass is 270 g/mol. The summed E-state index contributed by atoms with van der Waals surface area (Å²) in [5.41, 5.74) is -0.775. The van der Waals surface area contributed by atoms with Crippen molar-refractivity contribution < 1.29 is 9.52 Å². The third-order valence-corrected chi connectivity index (χ3v) is 3.60. The van der Waals surface area contributed by atoms with Gasteiger partial charge in [0.1, 0.15) is 5.60 Å². The summed E-state index contributed by atoms with van der Waals surface area (Å²) in [7, 11) is 0. The molecule has 0 saturated heterocycles. The molecule has 0 fully saturated rings. The lowest BCUT2D eigenvalue weighted by atomic mass is 9.76. The van der Waals surface area contributed by atoms with Gasteiger partial charge in [0.2, 0.25) is 0 Å². The highest BCUT2D eigenvalue weighted by Gasteiger charge is 2.37. The van der Waals surface area contributed by atoms with Gasteiger partial charge in [-0.3, -0.25) is 0 Å². The van der Waals surface area contributed by atoms with Crippen LogP contribution < -0.4 is 0 Å². The zero-order valence-electron chi connectivity index (χ0n) is 8.96. The number of hydrogen-bond acceptors (Lipinski definition) is 2. The van der Waals surface area contributed by atoms with E-state index in [-0.39, 0.29) is 5.41 Å². The highest BCUT2D eigenvalue weighted by molar-refractivity contribution is 9.10. The molecule has 1 unspecified atom stereocenters. The smallest absolute Gasteiger partial charge is 0.153 e. The van der Waals surface area contributed by atoms with E-state index in [0.29, 0.717) is 12.2 Å². The van der Waals surface area contributed by atoms with Crippen molar-refractivity contribution in [3.63, 3.8) is 0 Å². The second-order valence-electron chi connectivity index (χ2n) is 4.84. The second-order valence-corrected chi connectivity index (χ2v) is 5.70. The summed E-state index contributed by atoms with van der Waals surface area (Å²) in [5.74, 6) is 0.606. The first-order chi connectivity index (χ1) is 6.93. The lowest BCUT2D eigenvalue weighted by Gasteiger charge is -2.33. The fraction of sp³-hybridized carbons (Fsp3) is 0.500. The van der Waals surface area contributed by atoms with E-state index in [0.717, 1.165) is 10.9 Å². The highest BCUT2D eigenvalue weighted by Crippen LogP contribution is 2.42. The van der Waals surface area contributed by atoms with Gasteiger partial charge in [-0.15, -0.1) is 0 Å². The van der Waals surface area contributed by atoms with Crippen LogP contribution in [-0.2, 0) is 5.60 Å². The van der Waals surface area contributed by atoms with E-state index < -0.39 is 5.60 Å². The van der Waals surface area contributed by atoms with Gasteiger partial charge in [0.05, 0.1) is 10.7 Å². The Morgan fingerprint density at radius 1 is 1.33 bits per heavy atom. The Labute approximate surface area is 98.1 Å². The molecule has 0 radical (unpaired) electrons. The Bertz CT molecular complexity index is 392. The maximum absolute atomic E-state index is 10.4. The molecule has 1 heterocycles. The fourth-order valence-corrected chi connectivity index (χ4v) is 2.38. The Balaban J connectivity index is 2.35. The number of halogens is 1. The molecule has 0 aliphatic heterocycles. The molecule has 1 aliphatic carbocycles. The molecule has 1 aromatic rings. The molecule has 1 aromatic heterocycles. The Hall–Kier alpha value is -0.540. The van der Waals surface area contributed by atoms with E-state index in [1.54, 1.807) is 12.3 Å². The molecular formula is C12H15BrO2. The van der Waals surface area contributed by atoms with Crippen molar-refractivity contribution in [2.75, 3.05) is 0 Å². The molecule has 1 atom stereocenters. The Morgan fingerprint density at radius 3 is 2.53 bits per heavy atom. The lowest BCUT2D eigenvalue weighted by Crippen LogP contribution is -2.29. The minimum Gasteiger partial charge on any atom is -0.465 e. The molecule has 0 aromatic carbocycles. The van der Waals surface area contributed by atoms with Gasteiger partial charge in [0, 0.05) is 0 Å². The van der Waals surface area contributed by atoms with Crippen molar-refractivity contribution in [3.8, 4) is 0 Å². The summed E-state index contributed by atoms with van der Waals surface area (Å²) in [6.07, 6.45) is 7.15. The quantitative estimate of drug-likeness (QED) is 0.791. The number of rotatable bonds is 1. The van der Waals surface area contributed by atoms with E-state index >= 15 is 0 Å². The predicted octanol–water partition coefficient (Wildman–Crippen LogP) is 3.61. The summed E-state index contributed by atoms with van der Waals surface area (Å²) >= 11 is 3.38. The van der Waals surface area contributed by atoms with Gasteiger partial charge in [-0.2, -0.15) is 0 Å². The predicted molar refractivity (Wildman–Crippen MR) is 62.5 cm³/mol. The Kier molecular flexibility index (Phi) is 2.55. The van der Waals surface area contributed by atoms with Crippen LogP contribution in [0.4, 0.5) is 0 Å². The van der Waals surface area contributed by atoms with Crippen LogP contribution in [0, 0.1) is 5.41 Å². The average Bonchev–Trinajstić information content (AvgIpc) is 2.58. The molecule has 82 valence electrons. The molecule has 0 amide bonds. The van der Waals surface area contributed by atoms with Crippen molar-refractivity contribution in [2.45, 2.75) is 32.3 Å². The van der Waals surface area contributed by atoms with Crippen LogP contribution in [0.5, 0.6) is 0 Å². The summed E-state index contributed by atoms with van der Waals surface area (Å²) < 4.78 is 6.15. The van der Waals surface area contributed by atoms with Crippen LogP contribution in [0.15, 0.2) is 33.4 Å². The van der Waals surface area contributed by atoms with Gasteiger partial charge >= 0.3 is 0 Å². The number of furan rings is 1. The van der Waals surface area contributed by atoms with E-state index in [1.807, 2.05) is 6.08 Å². The van der Waals surface area contributed by atoms with Gasteiger partial charge in [-0.05, 0) is 46.3 Å². The van der Waals surface area contributed by atoms with E-state index in [4.69, 9.17) is 4.42 Å². The lowest BCUT2D eigenvalue weighted by molar-refractivity contribution is 0.0360. The first kappa shape index (κ1) is 11.0. The molecule has 15 heavy (non-hydrogen) atoms. The summed E-state index contributed by atoms with van der Waals surface area (Å²) in [5, 5.41) is 10.4. The SMILES string of the molecule is CC1(C)C=CC(O)(c2occc2Br)CC1. The van der Waals surface area contributed by atoms with E-state index in [2.05, 4.69) is 35.9 Å². The largest absolute Gasteiger partial charge is 0.465 e. The van der Waals surface area contributed by atoms with Crippen molar-refractivity contribution in [3.05, 3.63) is 34.7 Å². The zero-order valence-corrected chi connectivity index (χ0v) is 10.5. The first-order valence-electron chi connectivity index (χ1n) is 5.09. The topological polar surface area (TPSA) is 33.4 Å². The molecule has 1 aliphatic rings. The fourth-order valence-electron chi connectivity index (χ4n) is 1.83. The van der Waals surface area contributed by atoms with Gasteiger partial charge in [0.25, 0.3) is 0 Å². The Morgan fingerprint density at radius 2 is 2.07 bits per heavy atom. The van der Waals surface area contributed by atoms with Crippen LogP contribution in [0.2, 0.25) is 0 Å². The van der Waals surface area contributed by atoms with Crippen molar-refractivity contribution in [1.29, 1.82) is 0 Å². The van der Waals surface area contributed by atoms with Gasteiger partial charge in [-0.25, -0.2) is 0 Å². The maximum atomic E-state index is 10.4. The van der Waals surface area contributed by atoms with E-state index in [1.165, 1.54) is 0 Å². The minimum atomic E-state index is -0.947. The van der Waals surface area contributed by atoms with Crippen LogP contribution in [-0.4, -0.2) is 5.11 Å². The van der Waals surface area contributed by atoms with Crippen LogP contribution in [0.25, 0.3) is 0 Å². The van der Waals surface area contributed by atoms with Crippen LogP contribution in [0.3, 0.4) is 0 Å². The molecule has 0 bridgehead atoms. The standard InChI is InChI=1S/C12H15BrO2/c1-11(2)4-6-12(14,7-5-11)10-9(13)3-8-15-10/h3-4,6,8,14H,5,7H2,1-2H3. The van der Waals surface area contributed by atoms with Crippen molar-refractivity contribution in [2.24, 2.45) is 5.41 Å². The summed E-state index contributed by atoms with van der Waals surface area (Å²) in [6, 6.07) is 1.81. The molecule has 0 saturated carbocycles. The van der Waals surface area contributed by atoms with E-state index in [9.17, 15) is 5.11 Å². The third kappa shape index (κ3) is 2.04. The number of allylic oxidation sites excluding steroid dienone is 1.